The molecule has 0 radical (unpaired) electrons. The van der Waals surface area contributed by atoms with Gasteiger partial charge in [-0.05, 0) is 29.8 Å². The van der Waals surface area contributed by atoms with Crippen LogP contribution in [0.3, 0.4) is 0 Å². The van der Waals surface area contributed by atoms with Gasteiger partial charge in [-0.2, -0.15) is 0 Å². The molecule has 16 heavy (non-hydrogen) atoms. The maximum atomic E-state index is 5.97. The Hall–Kier alpha value is -1.74. The summed E-state index contributed by atoms with van der Waals surface area (Å²) in [5.41, 5.74) is 8.05. The number of nitrogen functional groups attached to an aromatic ring is 1. The smallest absolute Gasteiger partial charge is 0.221 e. The lowest BCUT2D eigenvalue weighted by molar-refractivity contribution is 0.399. The van der Waals surface area contributed by atoms with Gasteiger partial charge in [-0.15, -0.1) is 0 Å². The first-order chi connectivity index (χ1) is 7.72. The van der Waals surface area contributed by atoms with E-state index < -0.39 is 0 Å². The van der Waals surface area contributed by atoms with Crippen LogP contribution in [0.25, 0.3) is 11.1 Å². The maximum absolute atomic E-state index is 5.97. The van der Waals surface area contributed by atoms with Crippen molar-refractivity contribution in [2.45, 2.75) is 0 Å². The van der Waals surface area contributed by atoms with Gasteiger partial charge in [0.25, 0.3) is 0 Å². The van der Waals surface area contributed by atoms with Crippen LogP contribution in [0.1, 0.15) is 0 Å². The van der Waals surface area contributed by atoms with Crippen LogP contribution in [-0.4, -0.2) is 12.1 Å². The molecule has 1 aromatic carbocycles. The zero-order chi connectivity index (χ0) is 11.5. The van der Waals surface area contributed by atoms with Crippen LogP contribution in [0.15, 0.2) is 36.5 Å². The van der Waals surface area contributed by atoms with E-state index in [2.05, 4.69) is 4.98 Å². The van der Waals surface area contributed by atoms with Gasteiger partial charge in [0.1, 0.15) is 0 Å². The lowest BCUT2D eigenvalue weighted by atomic mass is 10.1. The molecule has 0 amide bonds. The molecule has 0 bridgehead atoms. The second-order valence-corrected chi connectivity index (χ2v) is 3.70. The number of rotatable bonds is 2. The van der Waals surface area contributed by atoms with E-state index in [9.17, 15) is 0 Å². The summed E-state index contributed by atoms with van der Waals surface area (Å²) in [5.74, 6) is 0.573. The quantitative estimate of drug-likeness (QED) is 0.813. The molecule has 3 nitrogen and oxygen atoms in total. The van der Waals surface area contributed by atoms with Crippen molar-refractivity contribution in [3.05, 3.63) is 41.6 Å². The minimum absolute atomic E-state index is 0.531. The molecule has 82 valence electrons. The number of ether oxygens (including phenoxy) is 1. The van der Waals surface area contributed by atoms with Gasteiger partial charge in [0.2, 0.25) is 5.88 Å². The van der Waals surface area contributed by atoms with Gasteiger partial charge in [0.05, 0.1) is 17.8 Å². The van der Waals surface area contributed by atoms with E-state index >= 15 is 0 Å². The molecule has 1 aromatic heterocycles. The number of benzene rings is 1. The van der Waals surface area contributed by atoms with Crippen LogP contribution in [0.2, 0.25) is 5.02 Å². The maximum Gasteiger partial charge on any atom is 0.221 e. The Morgan fingerprint density at radius 1 is 1.31 bits per heavy atom. The zero-order valence-corrected chi connectivity index (χ0v) is 9.53. The monoisotopic (exact) mass is 234 g/mol. The third-order valence-electron chi connectivity index (χ3n) is 2.28. The Morgan fingerprint density at radius 3 is 2.81 bits per heavy atom. The van der Waals surface area contributed by atoms with Crippen LogP contribution >= 0.6 is 11.6 Å². The summed E-state index contributed by atoms with van der Waals surface area (Å²) in [4.78, 5) is 4.13. The molecular formula is C12H11ClN2O. The van der Waals surface area contributed by atoms with Gasteiger partial charge in [-0.25, -0.2) is 4.98 Å². The highest BCUT2D eigenvalue weighted by Gasteiger charge is 2.07. The van der Waals surface area contributed by atoms with Crippen LogP contribution in [0.4, 0.5) is 5.69 Å². The summed E-state index contributed by atoms with van der Waals surface area (Å²) < 4.78 is 5.18. The number of pyridine rings is 1. The fourth-order valence-corrected chi connectivity index (χ4v) is 1.65. The van der Waals surface area contributed by atoms with Crippen molar-refractivity contribution in [3.8, 4) is 17.0 Å². The lowest BCUT2D eigenvalue weighted by Gasteiger charge is -2.08. The number of methoxy groups -OCH3 is 1. The van der Waals surface area contributed by atoms with Gasteiger partial charge in [-0.1, -0.05) is 17.7 Å². The van der Waals surface area contributed by atoms with Crippen molar-refractivity contribution >= 4 is 17.3 Å². The van der Waals surface area contributed by atoms with E-state index in [1.807, 2.05) is 18.2 Å². The molecular weight excluding hydrogens is 224 g/mol. The zero-order valence-electron chi connectivity index (χ0n) is 8.77. The summed E-state index contributed by atoms with van der Waals surface area (Å²) in [6, 6.07) is 9.23. The van der Waals surface area contributed by atoms with E-state index in [0.717, 1.165) is 11.1 Å². The Bertz CT molecular complexity index is 514. The fourth-order valence-electron chi connectivity index (χ4n) is 1.47. The Morgan fingerprint density at radius 2 is 2.12 bits per heavy atom. The number of halogens is 1. The van der Waals surface area contributed by atoms with Gasteiger partial charge < -0.3 is 10.5 Å². The number of anilines is 1. The molecule has 0 unspecified atom stereocenters. The van der Waals surface area contributed by atoms with Crippen molar-refractivity contribution in [1.29, 1.82) is 0 Å². The summed E-state index contributed by atoms with van der Waals surface area (Å²) in [5, 5.41) is 0.531. The van der Waals surface area contributed by atoms with Gasteiger partial charge in [-0.3, -0.25) is 0 Å². The third-order valence-corrected chi connectivity index (χ3v) is 2.60. The van der Waals surface area contributed by atoms with Gasteiger partial charge >= 0.3 is 0 Å². The number of hydrogen-bond donors (Lipinski definition) is 1. The minimum Gasteiger partial charge on any atom is -0.481 e. The van der Waals surface area contributed by atoms with Crippen molar-refractivity contribution in [3.63, 3.8) is 0 Å². The van der Waals surface area contributed by atoms with E-state index in [1.165, 1.54) is 0 Å². The molecule has 2 aromatic rings. The molecule has 0 atom stereocenters. The second-order valence-electron chi connectivity index (χ2n) is 3.30. The van der Waals surface area contributed by atoms with Gasteiger partial charge in [0.15, 0.2) is 0 Å². The van der Waals surface area contributed by atoms with Crippen LogP contribution in [-0.2, 0) is 0 Å². The van der Waals surface area contributed by atoms with Crippen molar-refractivity contribution in [2.24, 2.45) is 0 Å². The molecule has 0 aliphatic rings. The van der Waals surface area contributed by atoms with Gasteiger partial charge in [0, 0.05) is 11.8 Å². The van der Waals surface area contributed by atoms with E-state index in [-0.39, 0.29) is 0 Å². The van der Waals surface area contributed by atoms with Crippen LogP contribution < -0.4 is 10.5 Å². The lowest BCUT2D eigenvalue weighted by Crippen LogP contribution is -1.92. The molecule has 0 saturated carbocycles. The fraction of sp³-hybridized carbons (Fsp3) is 0.0833. The summed E-state index contributed by atoms with van der Waals surface area (Å²) in [6.07, 6.45) is 1.68. The predicted molar refractivity (Wildman–Crippen MR) is 65.6 cm³/mol. The number of nitrogens with zero attached hydrogens (tertiary/aromatic N) is 1. The molecule has 0 spiro atoms. The standard InChI is InChI=1S/C12H11ClN2O/c1-16-12-9(3-2-6-15-12)8-4-5-11(14)10(13)7-8/h2-7H,14H2,1H3. The Kier molecular flexibility index (Phi) is 2.97. The number of hydrogen-bond acceptors (Lipinski definition) is 3. The summed E-state index contributed by atoms with van der Waals surface area (Å²) >= 11 is 5.97. The molecule has 2 N–H and O–H groups in total. The van der Waals surface area contributed by atoms with Crippen LogP contribution in [0.5, 0.6) is 5.88 Å². The predicted octanol–water partition coefficient (Wildman–Crippen LogP) is 2.99. The molecule has 1 heterocycles. The number of aromatic nitrogens is 1. The summed E-state index contributed by atoms with van der Waals surface area (Å²) in [7, 11) is 1.59. The highest BCUT2D eigenvalue weighted by molar-refractivity contribution is 6.33. The number of nitrogens with two attached hydrogens (primary N) is 1. The Balaban J connectivity index is 2.54. The third kappa shape index (κ3) is 1.95. The van der Waals surface area contributed by atoms with E-state index in [4.69, 9.17) is 22.1 Å². The van der Waals surface area contributed by atoms with E-state index in [0.29, 0.717) is 16.6 Å². The molecule has 0 saturated heterocycles. The molecule has 0 aliphatic carbocycles. The highest BCUT2D eigenvalue weighted by atomic mass is 35.5. The van der Waals surface area contributed by atoms with Crippen molar-refractivity contribution in [2.75, 3.05) is 12.8 Å². The second kappa shape index (κ2) is 4.41. The average Bonchev–Trinajstić information content (AvgIpc) is 2.32. The van der Waals surface area contributed by atoms with Crippen molar-refractivity contribution in [1.82, 2.24) is 4.98 Å². The van der Waals surface area contributed by atoms with Crippen LogP contribution in [0, 0.1) is 0 Å². The average molecular weight is 235 g/mol. The SMILES string of the molecule is COc1ncccc1-c1ccc(N)c(Cl)c1. The topological polar surface area (TPSA) is 48.1 Å². The molecule has 2 rings (SSSR count). The minimum atomic E-state index is 0.531. The molecule has 0 aliphatic heterocycles. The summed E-state index contributed by atoms with van der Waals surface area (Å²) in [6.45, 7) is 0. The largest absolute Gasteiger partial charge is 0.481 e. The first-order valence-corrected chi connectivity index (χ1v) is 5.14. The van der Waals surface area contributed by atoms with E-state index in [1.54, 1.807) is 25.4 Å². The molecule has 4 heteroatoms. The first kappa shape index (κ1) is 10.8. The normalized spacial score (nSPS) is 10.1. The Labute approximate surface area is 98.8 Å². The highest BCUT2D eigenvalue weighted by Crippen LogP contribution is 2.31. The van der Waals surface area contributed by atoms with Crippen molar-refractivity contribution < 1.29 is 4.74 Å². The first-order valence-electron chi connectivity index (χ1n) is 4.77. The molecule has 0 fully saturated rings.